The SMILES string of the molecule is COc1ccc(NC(=O)C2COCCN2)cc1N. The minimum atomic E-state index is -0.318. The number of nitrogens with two attached hydrogens (primary N) is 1. The number of amides is 1. The van der Waals surface area contributed by atoms with Crippen molar-refractivity contribution < 1.29 is 14.3 Å². The van der Waals surface area contributed by atoms with E-state index in [-0.39, 0.29) is 11.9 Å². The number of rotatable bonds is 3. The largest absolute Gasteiger partial charge is 0.495 e. The molecule has 0 aliphatic carbocycles. The number of morpholine rings is 1. The Hall–Kier alpha value is -1.79. The van der Waals surface area contributed by atoms with Gasteiger partial charge in [-0.1, -0.05) is 0 Å². The molecule has 18 heavy (non-hydrogen) atoms. The van der Waals surface area contributed by atoms with Crippen molar-refractivity contribution in [2.45, 2.75) is 6.04 Å². The summed E-state index contributed by atoms with van der Waals surface area (Å²) in [7, 11) is 1.55. The molecule has 1 saturated heterocycles. The highest BCUT2D eigenvalue weighted by atomic mass is 16.5. The van der Waals surface area contributed by atoms with E-state index in [1.54, 1.807) is 25.3 Å². The molecular formula is C12H17N3O3. The van der Waals surface area contributed by atoms with Gasteiger partial charge in [-0.05, 0) is 18.2 Å². The summed E-state index contributed by atoms with van der Waals surface area (Å²) in [6.45, 7) is 1.71. The molecule has 2 rings (SSSR count). The lowest BCUT2D eigenvalue weighted by molar-refractivity contribution is -0.120. The molecule has 0 bridgehead atoms. The van der Waals surface area contributed by atoms with Gasteiger partial charge in [0.2, 0.25) is 5.91 Å². The van der Waals surface area contributed by atoms with Crippen molar-refractivity contribution in [2.75, 3.05) is 37.9 Å². The van der Waals surface area contributed by atoms with E-state index in [1.807, 2.05) is 0 Å². The van der Waals surface area contributed by atoms with Crippen molar-refractivity contribution in [3.63, 3.8) is 0 Å². The molecule has 1 aliphatic heterocycles. The lowest BCUT2D eigenvalue weighted by Crippen LogP contribution is -2.48. The molecule has 1 aliphatic rings. The topological polar surface area (TPSA) is 85.6 Å². The molecule has 0 aromatic heterocycles. The summed E-state index contributed by atoms with van der Waals surface area (Å²) >= 11 is 0. The third-order valence-electron chi connectivity index (χ3n) is 2.74. The van der Waals surface area contributed by atoms with E-state index in [2.05, 4.69) is 10.6 Å². The van der Waals surface area contributed by atoms with Gasteiger partial charge >= 0.3 is 0 Å². The van der Waals surface area contributed by atoms with E-state index in [9.17, 15) is 4.79 Å². The second-order valence-electron chi connectivity index (χ2n) is 4.03. The van der Waals surface area contributed by atoms with Crippen LogP contribution in [0.4, 0.5) is 11.4 Å². The maximum atomic E-state index is 11.9. The van der Waals surface area contributed by atoms with Gasteiger partial charge in [0, 0.05) is 12.2 Å². The average molecular weight is 251 g/mol. The van der Waals surface area contributed by atoms with Crippen molar-refractivity contribution in [1.29, 1.82) is 0 Å². The molecule has 1 unspecified atom stereocenters. The number of hydrogen-bond donors (Lipinski definition) is 3. The van der Waals surface area contributed by atoms with Gasteiger partial charge in [0.05, 0.1) is 26.0 Å². The maximum absolute atomic E-state index is 11.9. The molecular weight excluding hydrogens is 234 g/mol. The Bertz CT molecular complexity index is 431. The second kappa shape index (κ2) is 5.70. The first-order valence-electron chi connectivity index (χ1n) is 5.76. The first-order chi connectivity index (χ1) is 8.70. The third kappa shape index (κ3) is 2.91. The van der Waals surface area contributed by atoms with Crippen LogP contribution in [0.5, 0.6) is 5.75 Å². The molecule has 98 valence electrons. The quantitative estimate of drug-likeness (QED) is 0.668. The lowest BCUT2D eigenvalue weighted by Gasteiger charge is -2.23. The Kier molecular flexibility index (Phi) is 4.01. The van der Waals surface area contributed by atoms with Crippen molar-refractivity contribution in [3.05, 3.63) is 18.2 Å². The molecule has 1 aromatic carbocycles. The van der Waals surface area contributed by atoms with Gasteiger partial charge in [0.1, 0.15) is 11.8 Å². The Morgan fingerprint density at radius 3 is 3.06 bits per heavy atom. The highest BCUT2D eigenvalue weighted by molar-refractivity contribution is 5.95. The van der Waals surface area contributed by atoms with Crippen molar-refractivity contribution in [2.24, 2.45) is 0 Å². The number of methoxy groups -OCH3 is 1. The highest BCUT2D eigenvalue weighted by Crippen LogP contribution is 2.24. The van der Waals surface area contributed by atoms with E-state index in [1.165, 1.54) is 0 Å². The molecule has 4 N–H and O–H groups in total. The fraction of sp³-hybridized carbons (Fsp3) is 0.417. The van der Waals surface area contributed by atoms with Gasteiger partial charge < -0.3 is 25.8 Å². The Balaban J connectivity index is 2.00. The summed E-state index contributed by atoms with van der Waals surface area (Å²) in [6, 6.07) is 4.81. The summed E-state index contributed by atoms with van der Waals surface area (Å²) in [5.74, 6) is 0.464. The molecule has 1 amide bonds. The maximum Gasteiger partial charge on any atom is 0.243 e. The van der Waals surface area contributed by atoms with E-state index in [4.69, 9.17) is 15.2 Å². The number of hydrogen-bond acceptors (Lipinski definition) is 5. The van der Waals surface area contributed by atoms with Crippen molar-refractivity contribution in [1.82, 2.24) is 5.32 Å². The fourth-order valence-corrected chi connectivity index (χ4v) is 1.78. The van der Waals surface area contributed by atoms with E-state index >= 15 is 0 Å². The van der Waals surface area contributed by atoms with Gasteiger partial charge in [0.25, 0.3) is 0 Å². The van der Waals surface area contributed by atoms with Gasteiger partial charge in [0.15, 0.2) is 0 Å². The minimum absolute atomic E-state index is 0.126. The number of carbonyl (C=O) groups excluding carboxylic acids is 1. The molecule has 6 nitrogen and oxygen atoms in total. The molecule has 0 spiro atoms. The fourth-order valence-electron chi connectivity index (χ4n) is 1.78. The number of carbonyl (C=O) groups is 1. The summed E-state index contributed by atoms with van der Waals surface area (Å²) in [5, 5.41) is 5.87. The number of benzene rings is 1. The first kappa shape index (κ1) is 12.7. The van der Waals surface area contributed by atoms with Gasteiger partial charge in [-0.25, -0.2) is 0 Å². The predicted molar refractivity (Wildman–Crippen MR) is 68.6 cm³/mol. The molecule has 0 radical (unpaired) electrons. The normalized spacial score (nSPS) is 19.3. The highest BCUT2D eigenvalue weighted by Gasteiger charge is 2.21. The second-order valence-corrected chi connectivity index (χ2v) is 4.03. The number of nitrogens with one attached hydrogen (secondary N) is 2. The molecule has 6 heteroatoms. The van der Waals surface area contributed by atoms with Crippen LogP contribution in [0.1, 0.15) is 0 Å². The zero-order valence-corrected chi connectivity index (χ0v) is 10.2. The van der Waals surface area contributed by atoms with E-state index < -0.39 is 0 Å². The molecule has 1 aromatic rings. The minimum Gasteiger partial charge on any atom is -0.495 e. The average Bonchev–Trinajstić information content (AvgIpc) is 2.40. The van der Waals surface area contributed by atoms with E-state index in [0.29, 0.717) is 36.9 Å². The smallest absolute Gasteiger partial charge is 0.243 e. The number of nitrogen functional groups attached to an aromatic ring is 1. The van der Waals surface area contributed by atoms with Crippen LogP contribution in [-0.2, 0) is 9.53 Å². The zero-order chi connectivity index (χ0) is 13.0. The lowest BCUT2D eigenvalue weighted by atomic mass is 10.2. The van der Waals surface area contributed by atoms with Gasteiger partial charge in [-0.3, -0.25) is 4.79 Å². The number of ether oxygens (including phenoxy) is 2. The van der Waals surface area contributed by atoms with Crippen LogP contribution in [0, 0.1) is 0 Å². The molecule has 1 heterocycles. The number of anilines is 2. The van der Waals surface area contributed by atoms with Crippen molar-refractivity contribution >= 4 is 17.3 Å². The first-order valence-corrected chi connectivity index (χ1v) is 5.76. The Labute approximate surface area is 105 Å². The third-order valence-corrected chi connectivity index (χ3v) is 2.74. The van der Waals surface area contributed by atoms with Crippen LogP contribution in [0.15, 0.2) is 18.2 Å². The summed E-state index contributed by atoms with van der Waals surface area (Å²) < 4.78 is 10.3. The molecule has 1 atom stereocenters. The van der Waals surface area contributed by atoms with Crippen LogP contribution in [0.3, 0.4) is 0 Å². The summed E-state index contributed by atoms with van der Waals surface area (Å²) in [6.07, 6.45) is 0. The summed E-state index contributed by atoms with van der Waals surface area (Å²) in [5.41, 5.74) is 6.90. The van der Waals surface area contributed by atoms with Crippen molar-refractivity contribution in [3.8, 4) is 5.75 Å². The Morgan fingerprint density at radius 1 is 1.61 bits per heavy atom. The standard InChI is InChI=1S/C12H17N3O3/c1-17-11-3-2-8(6-9(11)13)15-12(16)10-7-18-5-4-14-10/h2-3,6,10,14H,4-5,7,13H2,1H3,(H,15,16). The molecule has 1 fully saturated rings. The Morgan fingerprint density at radius 2 is 2.44 bits per heavy atom. The van der Waals surface area contributed by atoms with Crippen LogP contribution in [0.25, 0.3) is 0 Å². The molecule has 0 saturated carbocycles. The summed E-state index contributed by atoms with van der Waals surface area (Å²) in [4.78, 5) is 11.9. The monoisotopic (exact) mass is 251 g/mol. The predicted octanol–water partition coefficient (Wildman–Crippen LogP) is 0.204. The van der Waals surface area contributed by atoms with Gasteiger partial charge in [-0.15, -0.1) is 0 Å². The van der Waals surface area contributed by atoms with E-state index in [0.717, 1.165) is 0 Å². The van der Waals surface area contributed by atoms with Gasteiger partial charge in [-0.2, -0.15) is 0 Å². The van der Waals surface area contributed by atoms with Crippen LogP contribution in [0.2, 0.25) is 0 Å². The van der Waals surface area contributed by atoms with Crippen LogP contribution >= 0.6 is 0 Å². The van der Waals surface area contributed by atoms with Crippen LogP contribution in [-0.4, -0.2) is 38.8 Å². The van der Waals surface area contributed by atoms with Crippen LogP contribution < -0.4 is 21.1 Å². The zero-order valence-electron chi connectivity index (χ0n) is 10.2.